The van der Waals surface area contributed by atoms with Crippen LogP contribution in [0.2, 0.25) is 0 Å². The molecule has 1 fully saturated rings. The second-order valence-corrected chi connectivity index (χ2v) is 6.10. The van der Waals surface area contributed by atoms with Crippen molar-refractivity contribution in [1.29, 1.82) is 0 Å². The number of ether oxygens (including phenoxy) is 1. The van der Waals surface area contributed by atoms with Gasteiger partial charge in [-0.15, -0.1) is 0 Å². The van der Waals surface area contributed by atoms with Crippen molar-refractivity contribution in [2.24, 2.45) is 5.16 Å². The predicted molar refractivity (Wildman–Crippen MR) is 104 cm³/mol. The van der Waals surface area contributed by atoms with Crippen molar-refractivity contribution in [3.05, 3.63) is 11.9 Å². The van der Waals surface area contributed by atoms with Crippen LogP contribution in [0.1, 0.15) is 12.5 Å². The lowest BCUT2D eigenvalue weighted by Crippen LogP contribution is -2.46. The van der Waals surface area contributed by atoms with Crippen LogP contribution in [0.3, 0.4) is 0 Å². The molecule has 0 bridgehead atoms. The first-order valence-corrected chi connectivity index (χ1v) is 9.07. The number of rotatable bonds is 10. The fourth-order valence-corrected chi connectivity index (χ4v) is 2.75. The molecule has 11 heteroatoms. The Bertz CT molecular complexity index is 677. The maximum Gasteiger partial charge on any atom is 0.263 e. The highest BCUT2D eigenvalue weighted by Crippen LogP contribution is 2.20. The van der Waals surface area contributed by atoms with Crippen LogP contribution < -0.4 is 10.6 Å². The highest BCUT2D eigenvalue weighted by atomic mass is 16.6. The van der Waals surface area contributed by atoms with Gasteiger partial charge in [-0.05, 0) is 6.92 Å². The lowest BCUT2D eigenvalue weighted by Gasteiger charge is -2.33. The zero-order chi connectivity index (χ0) is 20.4. The summed E-state index contributed by atoms with van der Waals surface area (Å²) in [4.78, 5) is 41.7. The quantitative estimate of drug-likeness (QED) is 0.310. The first kappa shape index (κ1) is 21.4. The molecule has 0 aromatic carbocycles. The number of amides is 2. The van der Waals surface area contributed by atoms with Crippen LogP contribution in [0, 0.1) is 0 Å². The van der Waals surface area contributed by atoms with E-state index in [1.165, 1.54) is 12.5 Å². The van der Waals surface area contributed by atoms with E-state index < -0.39 is 0 Å². The highest BCUT2D eigenvalue weighted by molar-refractivity contribution is 5.91. The summed E-state index contributed by atoms with van der Waals surface area (Å²) in [6.07, 6.45) is 3.63. The molecule has 2 heterocycles. The molecule has 1 aromatic rings. The largest absolute Gasteiger partial charge is 0.386 e. The molecular formula is C17H27N7O4. The highest BCUT2D eigenvalue weighted by Gasteiger charge is 2.20. The number of nitrogens with two attached hydrogens (primary N) is 1. The number of hydrogen-bond acceptors (Lipinski definition) is 9. The van der Waals surface area contributed by atoms with Gasteiger partial charge in [0.25, 0.3) is 5.91 Å². The van der Waals surface area contributed by atoms with Crippen molar-refractivity contribution in [2.45, 2.75) is 6.92 Å². The van der Waals surface area contributed by atoms with E-state index in [0.29, 0.717) is 57.3 Å². The smallest absolute Gasteiger partial charge is 0.263 e. The summed E-state index contributed by atoms with van der Waals surface area (Å²) < 4.78 is 4.99. The fourth-order valence-electron chi connectivity index (χ4n) is 2.75. The zero-order valence-corrected chi connectivity index (χ0v) is 16.3. The molecule has 2 N–H and O–H groups in total. The second-order valence-electron chi connectivity index (χ2n) is 6.10. The Morgan fingerprint density at radius 3 is 2.75 bits per heavy atom. The third kappa shape index (κ3) is 5.78. The van der Waals surface area contributed by atoms with E-state index in [9.17, 15) is 9.59 Å². The van der Waals surface area contributed by atoms with Gasteiger partial charge in [-0.25, -0.2) is 9.97 Å². The fraction of sp³-hybridized carbons (Fsp3) is 0.588. The van der Waals surface area contributed by atoms with Gasteiger partial charge in [-0.1, -0.05) is 5.16 Å². The third-order valence-electron chi connectivity index (χ3n) is 4.40. The van der Waals surface area contributed by atoms with Gasteiger partial charge in [0.1, 0.15) is 18.0 Å². The standard InChI is InChI=1S/C17H27N7O4/c1-3-23(8-9-27-2)15(26)11-28-21-10-14-16(18)19-12-20-17(14)24-6-4-22(13-25)5-7-24/h10,12-13H,3-9,11H2,1-2H3,(H2,18,19,20)/b21-10+. The number of likely N-dealkylation sites (N-methyl/N-ethyl adjacent to an activating group) is 1. The summed E-state index contributed by atoms with van der Waals surface area (Å²) in [5.41, 5.74) is 6.48. The summed E-state index contributed by atoms with van der Waals surface area (Å²) in [7, 11) is 1.59. The first-order valence-electron chi connectivity index (χ1n) is 9.07. The Balaban J connectivity index is 1.98. The minimum absolute atomic E-state index is 0.181. The SMILES string of the molecule is CCN(CCOC)C(=O)CO/N=C/c1c(N)ncnc1N1CCN(C=O)CC1. The molecule has 154 valence electrons. The number of carbonyl (C=O) groups is 2. The van der Waals surface area contributed by atoms with Crippen molar-refractivity contribution in [3.8, 4) is 0 Å². The molecule has 0 atom stereocenters. The number of nitrogens with zero attached hydrogens (tertiary/aromatic N) is 6. The molecule has 1 aliphatic heterocycles. The van der Waals surface area contributed by atoms with Gasteiger partial charge < -0.3 is 30.0 Å². The van der Waals surface area contributed by atoms with E-state index in [-0.39, 0.29) is 18.3 Å². The van der Waals surface area contributed by atoms with Crippen LogP contribution in [0.15, 0.2) is 11.5 Å². The number of aromatic nitrogens is 2. The van der Waals surface area contributed by atoms with Crippen LogP contribution in [-0.4, -0.2) is 97.9 Å². The molecule has 2 rings (SSSR count). The molecule has 2 amide bonds. The Morgan fingerprint density at radius 1 is 1.36 bits per heavy atom. The number of methoxy groups -OCH3 is 1. The molecule has 1 aliphatic rings. The number of anilines is 2. The van der Waals surface area contributed by atoms with Crippen molar-refractivity contribution in [3.63, 3.8) is 0 Å². The molecule has 0 saturated carbocycles. The second kappa shape index (κ2) is 11.0. The molecule has 11 nitrogen and oxygen atoms in total. The minimum atomic E-state index is -0.186. The van der Waals surface area contributed by atoms with Crippen LogP contribution in [0.4, 0.5) is 11.6 Å². The van der Waals surface area contributed by atoms with E-state index in [0.717, 1.165) is 6.41 Å². The summed E-state index contributed by atoms with van der Waals surface area (Å²) in [5, 5.41) is 3.87. The Kier molecular flexibility index (Phi) is 8.40. The normalized spacial score (nSPS) is 14.4. The van der Waals surface area contributed by atoms with Crippen LogP contribution in [-0.2, 0) is 19.2 Å². The van der Waals surface area contributed by atoms with Crippen LogP contribution in [0.25, 0.3) is 0 Å². The van der Waals surface area contributed by atoms with Crippen LogP contribution in [0.5, 0.6) is 0 Å². The molecular weight excluding hydrogens is 366 g/mol. The first-order chi connectivity index (χ1) is 13.6. The molecule has 0 spiro atoms. The average molecular weight is 393 g/mol. The van der Waals surface area contributed by atoms with E-state index in [2.05, 4.69) is 15.1 Å². The van der Waals surface area contributed by atoms with E-state index in [1.54, 1.807) is 16.9 Å². The summed E-state index contributed by atoms with van der Waals surface area (Å²) in [5.74, 6) is 0.697. The lowest BCUT2D eigenvalue weighted by molar-refractivity contribution is -0.136. The maximum absolute atomic E-state index is 12.1. The van der Waals surface area contributed by atoms with Gasteiger partial charge in [0, 0.05) is 46.4 Å². The van der Waals surface area contributed by atoms with Crippen molar-refractivity contribution < 1.29 is 19.2 Å². The minimum Gasteiger partial charge on any atom is -0.386 e. The monoisotopic (exact) mass is 393 g/mol. The topological polar surface area (TPSA) is 126 Å². The van der Waals surface area contributed by atoms with Crippen molar-refractivity contribution in [2.75, 3.05) is 70.2 Å². The molecule has 0 radical (unpaired) electrons. The van der Waals surface area contributed by atoms with E-state index in [1.807, 2.05) is 11.8 Å². The number of hydrogen-bond donors (Lipinski definition) is 1. The average Bonchev–Trinajstić information content (AvgIpc) is 2.72. The summed E-state index contributed by atoms with van der Waals surface area (Å²) >= 11 is 0. The number of piperazine rings is 1. The Labute approximate surface area is 164 Å². The Morgan fingerprint density at radius 2 is 2.11 bits per heavy atom. The maximum atomic E-state index is 12.1. The summed E-state index contributed by atoms with van der Waals surface area (Å²) in [6, 6.07) is 0. The molecule has 28 heavy (non-hydrogen) atoms. The predicted octanol–water partition coefficient (Wildman–Crippen LogP) is -0.817. The van der Waals surface area contributed by atoms with Crippen molar-refractivity contribution >= 4 is 30.2 Å². The van der Waals surface area contributed by atoms with Gasteiger partial charge in [-0.2, -0.15) is 0 Å². The van der Waals surface area contributed by atoms with E-state index >= 15 is 0 Å². The van der Waals surface area contributed by atoms with Gasteiger partial charge in [0.05, 0.1) is 18.4 Å². The summed E-state index contributed by atoms with van der Waals surface area (Å²) in [6.45, 7) is 5.67. The van der Waals surface area contributed by atoms with Crippen molar-refractivity contribution in [1.82, 2.24) is 19.8 Å². The Hall–Kier alpha value is -2.95. The van der Waals surface area contributed by atoms with E-state index in [4.69, 9.17) is 15.3 Å². The zero-order valence-electron chi connectivity index (χ0n) is 16.3. The number of oxime groups is 1. The molecule has 1 aromatic heterocycles. The third-order valence-corrected chi connectivity index (χ3v) is 4.40. The van der Waals surface area contributed by atoms with Gasteiger partial charge in [0.15, 0.2) is 6.61 Å². The number of nitrogen functional groups attached to an aromatic ring is 1. The molecule has 0 aliphatic carbocycles. The van der Waals surface area contributed by atoms with Crippen LogP contribution >= 0.6 is 0 Å². The molecule has 0 unspecified atom stereocenters. The van der Waals surface area contributed by atoms with Gasteiger partial charge in [0.2, 0.25) is 6.41 Å². The van der Waals surface area contributed by atoms with Gasteiger partial charge in [-0.3, -0.25) is 9.59 Å². The van der Waals surface area contributed by atoms with Gasteiger partial charge >= 0.3 is 0 Å². The number of carbonyl (C=O) groups excluding carboxylic acids is 2. The molecule has 1 saturated heterocycles. The lowest BCUT2D eigenvalue weighted by atomic mass is 10.2.